The summed E-state index contributed by atoms with van der Waals surface area (Å²) in [5, 5.41) is 9.06. The van der Waals surface area contributed by atoms with Gasteiger partial charge in [-0.3, -0.25) is 4.57 Å². The SMILES string of the molecule is Nn1c(SCc2nc3ccccc3n2C(F)F)nnc1-c1cccc(Cl)c1. The van der Waals surface area contributed by atoms with E-state index >= 15 is 0 Å². The molecule has 0 saturated carbocycles. The average molecular weight is 407 g/mol. The molecule has 10 heteroatoms. The molecule has 2 heterocycles. The van der Waals surface area contributed by atoms with E-state index in [2.05, 4.69) is 15.2 Å². The molecule has 0 amide bonds. The van der Waals surface area contributed by atoms with Gasteiger partial charge in [0.05, 0.1) is 16.8 Å². The lowest BCUT2D eigenvalue weighted by Gasteiger charge is -2.07. The van der Waals surface area contributed by atoms with Gasteiger partial charge >= 0.3 is 6.55 Å². The van der Waals surface area contributed by atoms with Crippen molar-refractivity contribution in [2.45, 2.75) is 17.5 Å². The van der Waals surface area contributed by atoms with Gasteiger partial charge in [-0.05, 0) is 24.3 Å². The monoisotopic (exact) mass is 406 g/mol. The molecule has 0 spiro atoms. The van der Waals surface area contributed by atoms with Crippen molar-refractivity contribution >= 4 is 34.4 Å². The number of halogens is 3. The number of nitrogens with two attached hydrogens (primary N) is 1. The maximum Gasteiger partial charge on any atom is 0.320 e. The highest BCUT2D eigenvalue weighted by molar-refractivity contribution is 7.98. The Balaban J connectivity index is 1.62. The van der Waals surface area contributed by atoms with Gasteiger partial charge in [-0.15, -0.1) is 10.2 Å². The third kappa shape index (κ3) is 3.35. The number of hydrogen-bond acceptors (Lipinski definition) is 5. The lowest BCUT2D eigenvalue weighted by molar-refractivity contribution is 0.0722. The number of rotatable bonds is 5. The van der Waals surface area contributed by atoms with Crippen LogP contribution in [0.2, 0.25) is 5.02 Å². The van der Waals surface area contributed by atoms with Crippen LogP contribution < -0.4 is 5.84 Å². The molecule has 0 aliphatic carbocycles. The molecule has 0 saturated heterocycles. The van der Waals surface area contributed by atoms with Crippen molar-refractivity contribution < 1.29 is 8.78 Å². The van der Waals surface area contributed by atoms with Gasteiger partial charge < -0.3 is 5.84 Å². The molecule has 2 aromatic heterocycles. The fourth-order valence-corrected chi connectivity index (χ4v) is 3.72. The quantitative estimate of drug-likeness (QED) is 0.394. The summed E-state index contributed by atoms with van der Waals surface area (Å²) in [6, 6.07) is 13.8. The zero-order valence-corrected chi connectivity index (χ0v) is 15.3. The van der Waals surface area contributed by atoms with Gasteiger partial charge in [-0.2, -0.15) is 8.78 Å². The minimum absolute atomic E-state index is 0.171. The van der Waals surface area contributed by atoms with Gasteiger partial charge in [0.25, 0.3) is 0 Å². The van der Waals surface area contributed by atoms with E-state index in [1.54, 1.807) is 42.5 Å². The number of fused-ring (bicyclic) bond motifs is 1. The first-order chi connectivity index (χ1) is 13.0. The Bertz CT molecular complexity index is 1110. The topological polar surface area (TPSA) is 74.6 Å². The number of alkyl halides is 2. The lowest BCUT2D eigenvalue weighted by atomic mass is 10.2. The van der Waals surface area contributed by atoms with Crippen molar-refractivity contribution in [1.29, 1.82) is 0 Å². The summed E-state index contributed by atoms with van der Waals surface area (Å²) >= 11 is 7.18. The molecule has 6 nitrogen and oxygen atoms in total. The molecular formula is C17H13ClF2N6S. The molecule has 0 aliphatic rings. The lowest BCUT2D eigenvalue weighted by Crippen LogP contribution is -2.12. The van der Waals surface area contributed by atoms with Crippen LogP contribution in [-0.2, 0) is 5.75 Å². The van der Waals surface area contributed by atoms with Crippen LogP contribution in [0.25, 0.3) is 22.4 Å². The fraction of sp³-hybridized carbons (Fsp3) is 0.118. The molecule has 0 aliphatic heterocycles. The third-order valence-corrected chi connectivity index (χ3v) is 5.12. The van der Waals surface area contributed by atoms with Crippen LogP contribution in [0, 0.1) is 0 Å². The number of thioether (sulfide) groups is 1. The number of aromatic nitrogens is 5. The normalized spacial score (nSPS) is 11.6. The molecule has 0 fully saturated rings. The minimum atomic E-state index is -2.69. The summed E-state index contributed by atoms with van der Waals surface area (Å²) in [5.41, 5.74) is 1.61. The number of para-hydroxylation sites is 2. The largest absolute Gasteiger partial charge is 0.335 e. The van der Waals surface area contributed by atoms with Crippen molar-refractivity contribution in [3.05, 3.63) is 59.4 Å². The second-order valence-corrected chi connectivity index (χ2v) is 7.02. The van der Waals surface area contributed by atoms with Crippen LogP contribution in [0.1, 0.15) is 12.4 Å². The Labute approximate surface area is 161 Å². The van der Waals surface area contributed by atoms with Gasteiger partial charge in [-0.25, -0.2) is 9.66 Å². The zero-order chi connectivity index (χ0) is 19.0. The second-order valence-electron chi connectivity index (χ2n) is 5.64. The van der Waals surface area contributed by atoms with Crippen LogP contribution >= 0.6 is 23.4 Å². The van der Waals surface area contributed by atoms with E-state index in [4.69, 9.17) is 17.4 Å². The van der Waals surface area contributed by atoms with Crippen molar-refractivity contribution in [3.8, 4) is 11.4 Å². The molecule has 0 atom stereocenters. The number of nitrogen functional groups attached to an aromatic ring is 1. The second kappa shape index (κ2) is 7.16. The van der Waals surface area contributed by atoms with Crippen LogP contribution in [0.3, 0.4) is 0 Å². The van der Waals surface area contributed by atoms with Gasteiger partial charge in [0, 0.05) is 10.6 Å². The Hall–Kier alpha value is -2.65. The highest BCUT2D eigenvalue weighted by Crippen LogP contribution is 2.29. The molecular weight excluding hydrogens is 394 g/mol. The van der Waals surface area contributed by atoms with Crippen molar-refractivity contribution in [2.24, 2.45) is 0 Å². The summed E-state index contributed by atoms with van der Waals surface area (Å²) in [6.07, 6.45) is 0. The van der Waals surface area contributed by atoms with E-state index in [1.165, 1.54) is 16.4 Å². The Morgan fingerprint density at radius 1 is 1.11 bits per heavy atom. The maximum absolute atomic E-state index is 13.5. The summed E-state index contributed by atoms with van der Waals surface area (Å²) in [7, 11) is 0. The summed E-state index contributed by atoms with van der Waals surface area (Å²) in [5.74, 6) is 6.92. The van der Waals surface area contributed by atoms with Gasteiger partial charge in [0.1, 0.15) is 5.82 Å². The standard InChI is InChI=1S/C17H13ClF2N6S/c18-11-5-3-4-10(8-11)15-23-24-17(26(15)21)27-9-14-22-12-6-1-2-7-13(12)25(14)16(19)20/h1-8,16H,9,21H2. The van der Waals surface area contributed by atoms with Crippen LogP contribution in [0.15, 0.2) is 53.7 Å². The van der Waals surface area contributed by atoms with Crippen LogP contribution in [-0.4, -0.2) is 24.4 Å². The van der Waals surface area contributed by atoms with E-state index in [0.29, 0.717) is 32.6 Å². The Morgan fingerprint density at radius 2 is 1.93 bits per heavy atom. The number of imidazole rings is 1. The molecule has 27 heavy (non-hydrogen) atoms. The highest BCUT2D eigenvalue weighted by Gasteiger charge is 2.19. The first-order valence-corrected chi connectivity index (χ1v) is 9.24. The predicted molar refractivity (Wildman–Crippen MR) is 101 cm³/mol. The molecule has 2 N–H and O–H groups in total. The van der Waals surface area contributed by atoms with Gasteiger partial charge in [-0.1, -0.05) is 47.6 Å². The summed E-state index contributed by atoms with van der Waals surface area (Å²) < 4.78 is 29.2. The molecule has 0 radical (unpaired) electrons. The van der Waals surface area contributed by atoms with Crippen molar-refractivity contribution in [1.82, 2.24) is 24.4 Å². The fourth-order valence-electron chi connectivity index (χ4n) is 2.74. The number of nitrogens with zero attached hydrogens (tertiary/aromatic N) is 5. The molecule has 4 aromatic rings. The predicted octanol–water partition coefficient (Wildman–Crippen LogP) is 4.35. The molecule has 2 aromatic carbocycles. The number of benzene rings is 2. The van der Waals surface area contributed by atoms with E-state index in [1.807, 2.05) is 6.07 Å². The third-order valence-electron chi connectivity index (χ3n) is 3.94. The Kier molecular flexibility index (Phi) is 4.71. The highest BCUT2D eigenvalue weighted by atomic mass is 35.5. The number of hydrogen-bond donors (Lipinski definition) is 1. The van der Waals surface area contributed by atoms with E-state index in [9.17, 15) is 8.78 Å². The van der Waals surface area contributed by atoms with E-state index in [-0.39, 0.29) is 11.6 Å². The van der Waals surface area contributed by atoms with Gasteiger partial charge in [0.15, 0.2) is 5.82 Å². The molecule has 138 valence electrons. The first kappa shape index (κ1) is 17.7. The summed E-state index contributed by atoms with van der Waals surface area (Å²) in [6.45, 7) is -2.69. The smallest absolute Gasteiger partial charge is 0.320 e. The van der Waals surface area contributed by atoms with Crippen molar-refractivity contribution in [2.75, 3.05) is 5.84 Å². The summed E-state index contributed by atoms with van der Waals surface area (Å²) in [4.78, 5) is 4.30. The Morgan fingerprint density at radius 3 is 2.70 bits per heavy atom. The first-order valence-electron chi connectivity index (χ1n) is 7.88. The van der Waals surface area contributed by atoms with E-state index in [0.717, 1.165) is 4.57 Å². The molecule has 0 unspecified atom stereocenters. The van der Waals surface area contributed by atoms with Crippen LogP contribution in [0.5, 0.6) is 0 Å². The minimum Gasteiger partial charge on any atom is -0.335 e. The van der Waals surface area contributed by atoms with E-state index < -0.39 is 6.55 Å². The average Bonchev–Trinajstić information content (AvgIpc) is 3.20. The zero-order valence-electron chi connectivity index (χ0n) is 13.8. The molecule has 0 bridgehead atoms. The van der Waals surface area contributed by atoms with Crippen molar-refractivity contribution in [3.63, 3.8) is 0 Å². The van der Waals surface area contributed by atoms with Gasteiger partial charge in [0.2, 0.25) is 5.16 Å². The maximum atomic E-state index is 13.5. The molecule has 4 rings (SSSR count). The van der Waals surface area contributed by atoms with Crippen LogP contribution in [0.4, 0.5) is 8.78 Å².